The number of carbonyl (C=O) groups excluding carboxylic acids is 4. The van der Waals surface area contributed by atoms with Crippen molar-refractivity contribution in [2.75, 3.05) is 12.3 Å². The quantitative estimate of drug-likeness (QED) is 0.260. The third-order valence-electron chi connectivity index (χ3n) is 5.48. The largest absolute Gasteiger partial charge is 0.481 e. The van der Waals surface area contributed by atoms with E-state index in [2.05, 4.69) is 23.3 Å². The van der Waals surface area contributed by atoms with Gasteiger partial charge in [-0.1, -0.05) is 32.4 Å². The Hall–Kier alpha value is -2.79. The van der Waals surface area contributed by atoms with Crippen molar-refractivity contribution in [1.82, 2.24) is 15.5 Å². The number of carboxylic acids is 1. The van der Waals surface area contributed by atoms with Crippen LogP contribution in [0.15, 0.2) is 18.2 Å². The number of nitrogen functional groups attached to an aromatic ring is 1. The van der Waals surface area contributed by atoms with Crippen molar-refractivity contribution in [3.8, 4) is 0 Å². The zero-order chi connectivity index (χ0) is 25.8. The molecule has 34 heavy (non-hydrogen) atoms. The molecule has 1 aromatic carbocycles. The summed E-state index contributed by atoms with van der Waals surface area (Å²) in [5.74, 6) is -2.92. The van der Waals surface area contributed by atoms with Gasteiger partial charge < -0.3 is 26.4 Å². The van der Waals surface area contributed by atoms with Gasteiger partial charge in [-0.25, -0.2) is 0 Å². The van der Waals surface area contributed by atoms with E-state index in [9.17, 15) is 24.0 Å². The van der Waals surface area contributed by atoms with Gasteiger partial charge in [0.1, 0.15) is 18.1 Å². The highest BCUT2D eigenvalue weighted by Gasteiger charge is 2.42. The highest BCUT2D eigenvalue weighted by molar-refractivity contribution is 7.96. The number of nitrogens with zero attached hydrogens (tertiary/aromatic N) is 1. The summed E-state index contributed by atoms with van der Waals surface area (Å²) in [4.78, 5) is 63.2. The molecule has 3 atom stereocenters. The Morgan fingerprint density at radius 2 is 1.88 bits per heavy atom. The van der Waals surface area contributed by atoms with E-state index in [-0.39, 0.29) is 17.1 Å². The summed E-state index contributed by atoms with van der Waals surface area (Å²) >= 11 is 9.65. The number of anilines is 1. The molecular formula is C22H29ClN4O6S. The first-order valence-corrected chi connectivity index (χ1v) is 11.5. The molecule has 1 fully saturated rings. The average Bonchev–Trinajstić information content (AvgIpc) is 3.21. The molecule has 0 aliphatic carbocycles. The predicted molar refractivity (Wildman–Crippen MR) is 129 cm³/mol. The zero-order valence-electron chi connectivity index (χ0n) is 19.1. The molecule has 1 aliphatic rings. The molecule has 1 saturated heterocycles. The van der Waals surface area contributed by atoms with E-state index in [1.54, 1.807) is 20.8 Å². The number of halogens is 1. The maximum atomic E-state index is 13.5. The average molecular weight is 513 g/mol. The predicted octanol–water partition coefficient (Wildman–Crippen LogP) is 1.47. The maximum absolute atomic E-state index is 13.5. The van der Waals surface area contributed by atoms with Gasteiger partial charge in [-0.2, -0.15) is 0 Å². The van der Waals surface area contributed by atoms with Crippen LogP contribution in [0.25, 0.3) is 0 Å². The molecule has 0 unspecified atom stereocenters. The first kappa shape index (κ1) is 27.5. The number of rotatable bonds is 8. The molecular weight excluding hydrogens is 484 g/mol. The van der Waals surface area contributed by atoms with Crippen LogP contribution in [0, 0.1) is 5.41 Å². The third kappa shape index (κ3) is 6.86. The van der Waals surface area contributed by atoms with Crippen molar-refractivity contribution in [3.63, 3.8) is 0 Å². The molecule has 186 valence electrons. The second-order valence-electron chi connectivity index (χ2n) is 9.20. The van der Waals surface area contributed by atoms with E-state index < -0.39 is 58.8 Å². The molecule has 0 radical (unpaired) electrons. The van der Waals surface area contributed by atoms with Gasteiger partial charge in [-0.15, -0.1) is 12.6 Å². The van der Waals surface area contributed by atoms with Crippen LogP contribution in [-0.4, -0.2) is 63.5 Å². The van der Waals surface area contributed by atoms with E-state index in [1.807, 2.05) is 0 Å². The standard InChI is InChI=1S/C22H29ClN4O6S/c1-22(2,3)17(26-18(30)11-6-7-13(24)12(23)9-11)20(32)27-8-4-5-15(27)19(31)25-14(21(33)34)10-16(28)29/h6-7,9,14-15,17H,4-5,8,10,24H2,1-3H3,(H,25,31)(H,26,30)(H,28,29)(H,33,34)/t14-,15-,17+/m0/s1. The van der Waals surface area contributed by atoms with Gasteiger partial charge in [0.25, 0.3) is 5.91 Å². The molecule has 1 heterocycles. The number of thiol groups is 1. The van der Waals surface area contributed by atoms with Crippen molar-refractivity contribution >= 4 is 58.7 Å². The van der Waals surface area contributed by atoms with Gasteiger partial charge >= 0.3 is 5.97 Å². The number of nitrogens with one attached hydrogen (secondary N) is 2. The van der Waals surface area contributed by atoms with Gasteiger partial charge in [0.2, 0.25) is 16.9 Å². The topological polar surface area (TPSA) is 159 Å². The van der Waals surface area contributed by atoms with Gasteiger partial charge in [0.05, 0.1) is 17.1 Å². The Balaban J connectivity index is 2.22. The number of nitrogens with two attached hydrogens (primary N) is 1. The van der Waals surface area contributed by atoms with Crippen molar-refractivity contribution < 1.29 is 29.1 Å². The highest BCUT2D eigenvalue weighted by atomic mass is 35.5. The number of amides is 3. The summed E-state index contributed by atoms with van der Waals surface area (Å²) in [6.07, 6.45) is 0.233. The Labute approximate surface area is 208 Å². The van der Waals surface area contributed by atoms with Crippen LogP contribution < -0.4 is 16.4 Å². The first-order valence-electron chi connectivity index (χ1n) is 10.6. The SMILES string of the molecule is CC(C)(C)[C@H](NC(=O)c1ccc(N)c(Cl)c1)C(=O)N1CCC[C@H]1C(=O)N[C@@H](CC(=O)O)C(=O)S. The fourth-order valence-corrected chi connectivity index (χ4v) is 3.98. The smallest absolute Gasteiger partial charge is 0.305 e. The number of likely N-dealkylation sites (tertiary alicyclic amines) is 1. The van der Waals surface area contributed by atoms with E-state index >= 15 is 0 Å². The number of aliphatic carboxylic acids is 1. The van der Waals surface area contributed by atoms with Crippen LogP contribution in [0.4, 0.5) is 5.69 Å². The first-order chi connectivity index (χ1) is 15.7. The number of benzene rings is 1. The Morgan fingerprint density at radius 3 is 2.41 bits per heavy atom. The maximum Gasteiger partial charge on any atom is 0.305 e. The fraction of sp³-hybridized carbons (Fsp3) is 0.500. The second-order valence-corrected chi connectivity index (χ2v) is 10.0. The van der Waals surface area contributed by atoms with Crippen molar-refractivity contribution in [2.45, 2.75) is 58.2 Å². The molecule has 1 aromatic rings. The van der Waals surface area contributed by atoms with E-state index in [0.29, 0.717) is 18.5 Å². The van der Waals surface area contributed by atoms with Crippen LogP contribution in [0.3, 0.4) is 0 Å². The number of hydrogen-bond donors (Lipinski definition) is 5. The molecule has 2 rings (SSSR count). The van der Waals surface area contributed by atoms with Gasteiger partial charge in [0, 0.05) is 12.1 Å². The summed E-state index contributed by atoms with van der Waals surface area (Å²) < 4.78 is 0. The van der Waals surface area contributed by atoms with Crippen LogP contribution >= 0.6 is 24.2 Å². The van der Waals surface area contributed by atoms with Gasteiger partial charge in [-0.3, -0.25) is 24.0 Å². The summed E-state index contributed by atoms with van der Waals surface area (Å²) in [6.45, 7) is 5.60. The Morgan fingerprint density at radius 1 is 1.24 bits per heavy atom. The van der Waals surface area contributed by atoms with Gasteiger partial charge in [0.15, 0.2) is 0 Å². The van der Waals surface area contributed by atoms with Crippen LogP contribution in [0.2, 0.25) is 5.02 Å². The molecule has 0 spiro atoms. The highest BCUT2D eigenvalue weighted by Crippen LogP contribution is 2.27. The molecule has 10 nitrogen and oxygen atoms in total. The summed E-state index contributed by atoms with van der Waals surface area (Å²) in [6, 6.07) is 1.17. The summed E-state index contributed by atoms with van der Waals surface area (Å²) in [5, 5.41) is 13.5. The zero-order valence-corrected chi connectivity index (χ0v) is 20.8. The van der Waals surface area contributed by atoms with Crippen molar-refractivity contribution in [1.29, 1.82) is 0 Å². The molecule has 3 amide bonds. The van der Waals surface area contributed by atoms with Crippen molar-refractivity contribution in [3.05, 3.63) is 28.8 Å². The Bertz CT molecular complexity index is 996. The number of hydrogen-bond acceptors (Lipinski definition) is 6. The van der Waals surface area contributed by atoms with Gasteiger partial charge in [-0.05, 0) is 36.5 Å². The summed E-state index contributed by atoms with van der Waals surface area (Å²) in [5.41, 5.74) is 5.52. The second kappa shape index (κ2) is 11.1. The lowest BCUT2D eigenvalue weighted by Gasteiger charge is -2.35. The minimum absolute atomic E-state index is 0.206. The molecule has 5 N–H and O–H groups in total. The summed E-state index contributed by atoms with van der Waals surface area (Å²) in [7, 11) is 0. The number of carboxylic acid groups (broad SMARTS) is 1. The molecule has 1 aliphatic heterocycles. The van der Waals surface area contributed by atoms with E-state index in [4.69, 9.17) is 22.4 Å². The molecule has 12 heteroatoms. The van der Waals surface area contributed by atoms with E-state index in [0.717, 1.165) is 0 Å². The van der Waals surface area contributed by atoms with Crippen LogP contribution in [-0.2, 0) is 19.2 Å². The normalized spacial score (nSPS) is 17.6. The van der Waals surface area contributed by atoms with E-state index in [1.165, 1.54) is 23.1 Å². The molecule has 0 bridgehead atoms. The lowest BCUT2D eigenvalue weighted by Crippen LogP contribution is -2.58. The molecule has 0 aromatic heterocycles. The monoisotopic (exact) mass is 512 g/mol. The minimum Gasteiger partial charge on any atom is -0.481 e. The van der Waals surface area contributed by atoms with Crippen molar-refractivity contribution in [2.24, 2.45) is 5.41 Å². The number of carbonyl (C=O) groups is 5. The fourth-order valence-electron chi connectivity index (χ4n) is 3.64. The van der Waals surface area contributed by atoms with Crippen LogP contribution in [0.1, 0.15) is 50.4 Å². The lowest BCUT2D eigenvalue weighted by atomic mass is 9.85. The third-order valence-corrected chi connectivity index (χ3v) is 6.12. The lowest BCUT2D eigenvalue weighted by molar-refractivity contribution is -0.143. The van der Waals surface area contributed by atoms with Crippen LogP contribution in [0.5, 0.6) is 0 Å². The minimum atomic E-state index is -1.32. The molecule has 0 saturated carbocycles. The Kier molecular flexibility index (Phi) is 8.96.